The summed E-state index contributed by atoms with van der Waals surface area (Å²) < 4.78 is 0.934. The van der Waals surface area contributed by atoms with Crippen molar-refractivity contribution in [3.63, 3.8) is 0 Å². The molecular weight excluding hydrogens is 519 g/mol. The average molecular weight is 546 g/mol. The second-order valence-corrected chi connectivity index (χ2v) is 9.95. The van der Waals surface area contributed by atoms with Crippen LogP contribution in [0.2, 0.25) is 10.0 Å². The third-order valence-corrected chi connectivity index (χ3v) is 6.78. The Kier molecular flexibility index (Phi) is 11.2. The molecule has 0 bridgehead atoms. The molecule has 0 aliphatic carbocycles. The highest BCUT2D eigenvalue weighted by Gasteiger charge is 2.26. The van der Waals surface area contributed by atoms with E-state index in [0.717, 1.165) is 28.4 Å². The molecule has 0 aromatic heterocycles. The van der Waals surface area contributed by atoms with E-state index in [1.165, 1.54) is 11.8 Å². The first-order chi connectivity index (χ1) is 14.8. The molecule has 2 aromatic carbocycles. The van der Waals surface area contributed by atoms with Crippen molar-refractivity contribution in [2.75, 3.05) is 12.3 Å². The summed E-state index contributed by atoms with van der Waals surface area (Å²) in [6.45, 7) is 4.83. The third kappa shape index (κ3) is 8.68. The molecule has 1 N–H and O–H groups in total. The molecule has 2 amide bonds. The van der Waals surface area contributed by atoms with Crippen LogP contribution in [0.15, 0.2) is 46.9 Å². The normalized spacial score (nSPS) is 11.8. The Balaban J connectivity index is 2.06. The molecular formula is C23H27BrCl2N2O2S. The second kappa shape index (κ2) is 13.4. The molecule has 1 atom stereocenters. The smallest absolute Gasteiger partial charge is 0.242 e. The SMILES string of the molecule is CCCCNC(=O)[C@H](C)N(Cc1cccc(Br)c1)C(=O)CSCc1ccc(Cl)cc1Cl. The molecule has 0 fully saturated rings. The summed E-state index contributed by atoms with van der Waals surface area (Å²) in [7, 11) is 0. The van der Waals surface area contributed by atoms with Crippen molar-refractivity contribution in [3.05, 3.63) is 68.1 Å². The highest BCUT2D eigenvalue weighted by Crippen LogP contribution is 2.25. The average Bonchev–Trinajstić information content (AvgIpc) is 2.73. The molecule has 0 radical (unpaired) electrons. The first kappa shape index (κ1) is 26.0. The number of carbonyl (C=O) groups excluding carboxylic acids is 2. The predicted octanol–water partition coefficient (Wildman–Crippen LogP) is 6.32. The van der Waals surface area contributed by atoms with Crippen LogP contribution in [0.3, 0.4) is 0 Å². The van der Waals surface area contributed by atoms with Crippen LogP contribution in [-0.2, 0) is 21.9 Å². The van der Waals surface area contributed by atoms with Gasteiger partial charge in [0.2, 0.25) is 11.8 Å². The number of unbranched alkanes of at least 4 members (excludes halogenated alkanes) is 1. The number of nitrogens with zero attached hydrogens (tertiary/aromatic N) is 1. The maximum atomic E-state index is 13.1. The van der Waals surface area contributed by atoms with E-state index in [0.29, 0.717) is 28.9 Å². The van der Waals surface area contributed by atoms with E-state index in [-0.39, 0.29) is 17.6 Å². The highest BCUT2D eigenvalue weighted by atomic mass is 79.9. The molecule has 2 rings (SSSR count). The van der Waals surface area contributed by atoms with Crippen LogP contribution in [0.4, 0.5) is 0 Å². The number of carbonyl (C=O) groups is 2. The first-order valence-corrected chi connectivity index (χ1v) is 12.9. The number of thioether (sulfide) groups is 1. The van der Waals surface area contributed by atoms with Gasteiger partial charge in [-0.1, -0.05) is 70.7 Å². The van der Waals surface area contributed by atoms with Crippen molar-refractivity contribution < 1.29 is 9.59 Å². The fraction of sp³-hybridized carbons (Fsp3) is 0.391. The molecule has 0 unspecified atom stereocenters. The van der Waals surface area contributed by atoms with E-state index in [1.54, 1.807) is 24.0 Å². The number of nitrogens with one attached hydrogen (secondary N) is 1. The van der Waals surface area contributed by atoms with Crippen molar-refractivity contribution in [1.82, 2.24) is 10.2 Å². The summed E-state index contributed by atoms with van der Waals surface area (Å²) in [6, 6.07) is 12.5. The monoisotopic (exact) mass is 544 g/mol. The van der Waals surface area contributed by atoms with E-state index >= 15 is 0 Å². The van der Waals surface area contributed by atoms with Gasteiger partial charge in [-0.25, -0.2) is 0 Å². The summed E-state index contributed by atoms with van der Waals surface area (Å²) in [5, 5.41) is 4.10. The lowest BCUT2D eigenvalue weighted by atomic mass is 10.1. The van der Waals surface area contributed by atoms with Crippen LogP contribution in [-0.4, -0.2) is 35.1 Å². The topological polar surface area (TPSA) is 49.4 Å². The van der Waals surface area contributed by atoms with Crippen molar-refractivity contribution in [2.45, 2.75) is 45.0 Å². The molecule has 0 heterocycles. The fourth-order valence-electron chi connectivity index (χ4n) is 2.92. The van der Waals surface area contributed by atoms with E-state index in [9.17, 15) is 9.59 Å². The van der Waals surface area contributed by atoms with E-state index in [4.69, 9.17) is 23.2 Å². The molecule has 168 valence electrons. The van der Waals surface area contributed by atoms with E-state index in [2.05, 4.69) is 28.2 Å². The van der Waals surface area contributed by atoms with Gasteiger partial charge in [-0.3, -0.25) is 9.59 Å². The summed E-state index contributed by atoms with van der Waals surface area (Å²) in [5.74, 6) is 0.610. The van der Waals surface area contributed by atoms with Gasteiger partial charge in [0.15, 0.2) is 0 Å². The minimum Gasteiger partial charge on any atom is -0.354 e. The number of halogens is 3. The van der Waals surface area contributed by atoms with Crippen LogP contribution >= 0.6 is 50.9 Å². The lowest BCUT2D eigenvalue weighted by Crippen LogP contribution is -2.48. The van der Waals surface area contributed by atoms with Crippen molar-refractivity contribution in [2.24, 2.45) is 0 Å². The summed E-state index contributed by atoms with van der Waals surface area (Å²) in [4.78, 5) is 27.4. The summed E-state index contributed by atoms with van der Waals surface area (Å²) >= 11 is 17.1. The lowest BCUT2D eigenvalue weighted by molar-refractivity contribution is -0.138. The Labute approximate surface area is 207 Å². The molecule has 4 nitrogen and oxygen atoms in total. The Bertz CT molecular complexity index is 898. The van der Waals surface area contributed by atoms with Crippen molar-refractivity contribution in [1.29, 1.82) is 0 Å². The fourth-order valence-corrected chi connectivity index (χ4v) is 4.84. The molecule has 0 saturated carbocycles. The van der Waals surface area contributed by atoms with Crippen LogP contribution in [0.25, 0.3) is 0 Å². The molecule has 2 aromatic rings. The zero-order valence-electron chi connectivity index (χ0n) is 17.7. The zero-order chi connectivity index (χ0) is 22.8. The van der Waals surface area contributed by atoms with Gasteiger partial charge in [0.05, 0.1) is 5.75 Å². The second-order valence-electron chi connectivity index (χ2n) is 7.20. The van der Waals surface area contributed by atoms with Crippen LogP contribution in [0.1, 0.15) is 37.8 Å². The maximum Gasteiger partial charge on any atom is 0.242 e. The minimum absolute atomic E-state index is 0.0896. The Morgan fingerprint density at radius 1 is 1.19 bits per heavy atom. The van der Waals surface area contributed by atoms with E-state index < -0.39 is 6.04 Å². The number of hydrogen-bond acceptors (Lipinski definition) is 3. The van der Waals surface area contributed by atoms with Gasteiger partial charge in [-0.05, 0) is 48.7 Å². The van der Waals surface area contributed by atoms with Crippen LogP contribution in [0, 0.1) is 0 Å². The van der Waals surface area contributed by atoms with Gasteiger partial charge in [0, 0.05) is 33.4 Å². The number of rotatable bonds is 11. The van der Waals surface area contributed by atoms with Crippen LogP contribution in [0.5, 0.6) is 0 Å². The summed E-state index contributed by atoms with van der Waals surface area (Å²) in [5.41, 5.74) is 1.88. The standard InChI is InChI=1S/C23H27BrCl2N2O2S/c1-3-4-10-27-23(30)16(2)28(13-17-6-5-7-19(24)11-17)22(29)15-31-14-18-8-9-20(25)12-21(18)26/h5-9,11-12,16H,3-4,10,13-15H2,1-2H3,(H,27,30)/t16-/m0/s1. The Hall–Kier alpha value is -1.21. The van der Waals surface area contributed by atoms with Crippen LogP contribution < -0.4 is 5.32 Å². The molecule has 0 aliphatic heterocycles. The third-order valence-electron chi connectivity index (χ3n) is 4.74. The molecule has 0 saturated heterocycles. The van der Waals surface area contributed by atoms with Gasteiger partial charge < -0.3 is 10.2 Å². The minimum atomic E-state index is -0.567. The van der Waals surface area contributed by atoms with Gasteiger partial charge in [0.25, 0.3) is 0 Å². The quantitative estimate of drug-likeness (QED) is 0.336. The molecule has 8 heteroatoms. The Morgan fingerprint density at radius 3 is 2.65 bits per heavy atom. The number of hydrogen-bond donors (Lipinski definition) is 1. The Morgan fingerprint density at radius 2 is 1.97 bits per heavy atom. The largest absolute Gasteiger partial charge is 0.354 e. The van der Waals surface area contributed by atoms with Crippen molar-refractivity contribution >= 4 is 62.7 Å². The van der Waals surface area contributed by atoms with Gasteiger partial charge in [-0.2, -0.15) is 0 Å². The first-order valence-electron chi connectivity index (χ1n) is 10.1. The maximum absolute atomic E-state index is 13.1. The predicted molar refractivity (Wildman–Crippen MR) is 135 cm³/mol. The van der Waals surface area contributed by atoms with Crippen molar-refractivity contribution in [3.8, 4) is 0 Å². The zero-order valence-corrected chi connectivity index (χ0v) is 21.6. The molecule has 31 heavy (non-hydrogen) atoms. The van der Waals surface area contributed by atoms with Gasteiger partial charge >= 0.3 is 0 Å². The van der Waals surface area contributed by atoms with Gasteiger partial charge in [0.1, 0.15) is 6.04 Å². The van der Waals surface area contributed by atoms with E-state index in [1.807, 2.05) is 30.3 Å². The summed E-state index contributed by atoms with van der Waals surface area (Å²) in [6.07, 6.45) is 1.91. The number of benzene rings is 2. The highest BCUT2D eigenvalue weighted by molar-refractivity contribution is 9.10. The lowest BCUT2D eigenvalue weighted by Gasteiger charge is -2.29. The molecule has 0 aliphatic rings. The number of amides is 2. The molecule has 0 spiro atoms. The van der Waals surface area contributed by atoms with Gasteiger partial charge in [-0.15, -0.1) is 11.8 Å².